The van der Waals surface area contributed by atoms with E-state index in [9.17, 15) is 9.59 Å². The van der Waals surface area contributed by atoms with Crippen LogP contribution in [0.4, 0.5) is 0 Å². The minimum Gasteiger partial charge on any atom is -0.497 e. The fourth-order valence-electron chi connectivity index (χ4n) is 2.93. The van der Waals surface area contributed by atoms with Crippen molar-refractivity contribution in [2.45, 2.75) is 20.3 Å². The predicted octanol–water partition coefficient (Wildman–Crippen LogP) is 2.59. The Labute approximate surface area is 182 Å². The summed E-state index contributed by atoms with van der Waals surface area (Å²) in [5, 5.41) is 5.41. The van der Waals surface area contributed by atoms with Gasteiger partial charge in [0.25, 0.3) is 5.91 Å². The minimum atomic E-state index is -0.367. The molecule has 0 bridgehead atoms. The van der Waals surface area contributed by atoms with Crippen LogP contribution >= 0.6 is 0 Å². The molecule has 0 aliphatic carbocycles. The number of hydrogen-bond acceptors (Lipinski definition) is 6. The zero-order valence-electron chi connectivity index (χ0n) is 18.4. The summed E-state index contributed by atoms with van der Waals surface area (Å²) in [5.74, 6) is 1.86. The van der Waals surface area contributed by atoms with Crippen molar-refractivity contribution < 1.29 is 28.5 Å². The number of carbonyl (C=O) groups excluding carboxylic acids is 2. The molecule has 2 N–H and O–H groups in total. The molecule has 0 atom stereocenters. The third kappa shape index (κ3) is 7.09. The van der Waals surface area contributed by atoms with Crippen molar-refractivity contribution >= 4 is 11.8 Å². The third-order valence-corrected chi connectivity index (χ3v) is 4.42. The van der Waals surface area contributed by atoms with Crippen LogP contribution in [0.2, 0.25) is 0 Å². The number of hydrogen-bond donors (Lipinski definition) is 2. The van der Waals surface area contributed by atoms with Crippen molar-refractivity contribution in [3.05, 3.63) is 47.5 Å². The van der Waals surface area contributed by atoms with Crippen LogP contribution in [0.15, 0.2) is 36.4 Å². The second-order valence-corrected chi connectivity index (χ2v) is 6.49. The molecule has 0 radical (unpaired) electrons. The molecule has 0 aromatic heterocycles. The molecular formula is C23H30N2O6. The Bertz CT molecular complexity index is 884. The first-order valence-corrected chi connectivity index (χ1v) is 10.2. The number of benzene rings is 2. The molecule has 2 amide bonds. The predicted molar refractivity (Wildman–Crippen MR) is 117 cm³/mol. The lowest BCUT2D eigenvalue weighted by Crippen LogP contribution is -2.37. The van der Waals surface area contributed by atoms with Crippen LogP contribution in [0.25, 0.3) is 0 Å². The van der Waals surface area contributed by atoms with E-state index in [0.717, 1.165) is 17.1 Å². The second-order valence-electron chi connectivity index (χ2n) is 6.49. The van der Waals surface area contributed by atoms with Crippen LogP contribution in [-0.4, -0.2) is 52.3 Å². The highest BCUT2D eigenvalue weighted by Gasteiger charge is 2.13. The largest absolute Gasteiger partial charge is 0.497 e. The minimum absolute atomic E-state index is 0.134. The average Bonchev–Trinajstić information content (AvgIpc) is 2.78. The maximum Gasteiger partial charge on any atom is 0.251 e. The van der Waals surface area contributed by atoms with Gasteiger partial charge in [-0.05, 0) is 62.2 Å². The molecule has 0 saturated carbocycles. The van der Waals surface area contributed by atoms with E-state index in [1.807, 2.05) is 32.0 Å². The Hall–Kier alpha value is -3.42. The van der Waals surface area contributed by atoms with Gasteiger partial charge in [0.15, 0.2) is 11.5 Å². The van der Waals surface area contributed by atoms with Gasteiger partial charge in [-0.25, -0.2) is 0 Å². The quantitative estimate of drug-likeness (QED) is 0.538. The molecule has 2 aromatic carbocycles. The monoisotopic (exact) mass is 430 g/mol. The van der Waals surface area contributed by atoms with Crippen LogP contribution in [0.3, 0.4) is 0 Å². The Morgan fingerprint density at radius 3 is 2.23 bits per heavy atom. The van der Waals surface area contributed by atoms with Gasteiger partial charge in [-0.1, -0.05) is 0 Å². The van der Waals surface area contributed by atoms with Crippen LogP contribution in [0.5, 0.6) is 23.0 Å². The Morgan fingerprint density at radius 1 is 0.839 bits per heavy atom. The summed E-state index contributed by atoms with van der Waals surface area (Å²) in [5.41, 5.74) is 1.31. The van der Waals surface area contributed by atoms with Gasteiger partial charge in [0.2, 0.25) is 5.91 Å². The van der Waals surface area contributed by atoms with Gasteiger partial charge < -0.3 is 29.6 Å². The molecule has 0 saturated heterocycles. The highest BCUT2D eigenvalue weighted by molar-refractivity contribution is 5.97. The average molecular weight is 431 g/mol. The van der Waals surface area contributed by atoms with Crippen LogP contribution in [0.1, 0.15) is 29.8 Å². The van der Waals surface area contributed by atoms with E-state index in [2.05, 4.69) is 10.6 Å². The van der Waals surface area contributed by atoms with Gasteiger partial charge in [0, 0.05) is 12.1 Å². The van der Waals surface area contributed by atoms with Crippen molar-refractivity contribution in [2.24, 2.45) is 0 Å². The Kier molecular flexibility index (Phi) is 9.48. The number of carbonyl (C=O) groups is 2. The van der Waals surface area contributed by atoms with E-state index in [-0.39, 0.29) is 18.4 Å². The van der Waals surface area contributed by atoms with E-state index in [0.29, 0.717) is 43.2 Å². The van der Waals surface area contributed by atoms with Gasteiger partial charge in [0.05, 0.1) is 34.0 Å². The zero-order valence-corrected chi connectivity index (χ0v) is 18.4. The molecule has 0 aliphatic rings. The van der Waals surface area contributed by atoms with Gasteiger partial charge in [0.1, 0.15) is 11.5 Å². The fraction of sp³-hybridized carbons (Fsp3) is 0.391. The third-order valence-electron chi connectivity index (χ3n) is 4.42. The van der Waals surface area contributed by atoms with Crippen LogP contribution in [0, 0.1) is 0 Å². The van der Waals surface area contributed by atoms with Gasteiger partial charge in [-0.15, -0.1) is 0 Å². The highest BCUT2D eigenvalue weighted by atomic mass is 16.5. The standard InChI is InChI=1S/C23H30N2O6/c1-5-30-20-9-7-17(14-21(20)31-6-2)23(27)25-15-22(26)24-12-11-16-13-18(28-3)8-10-19(16)29-4/h7-10,13-14H,5-6,11-12,15H2,1-4H3,(H,24,26)(H,25,27). The topological polar surface area (TPSA) is 95.1 Å². The Balaban J connectivity index is 1.86. The van der Waals surface area contributed by atoms with Crippen molar-refractivity contribution in [3.63, 3.8) is 0 Å². The smallest absolute Gasteiger partial charge is 0.251 e. The van der Waals surface area contributed by atoms with Crippen molar-refractivity contribution in [2.75, 3.05) is 40.5 Å². The molecule has 0 fully saturated rings. The second kappa shape index (κ2) is 12.3. The van der Waals surface area contributed by atoms with E-state index in [1.165, 1.54) is 0 Å². The highest BCUT2D eigenvalue weighted by Crippen LogP contribution is 2.28. The summed E-state index contributed by atoms with van der Waals surface area (Å²) in [7, 11) is 3.19. The molecule has 2 rings (SSSR count). The van der Waals surface area contributed by atoms with Gasteiger partial charge >= 0.3 is 0 Å². The number of rotatable bonds is 12. The van der Waals surface area contributed by atoms with E-state index in [4.69, 9.17) is 18.9 Å². The zero-order chi connectivity index (χ0) is 22.6. The molecule has 0 heterocycles. The van der Waals surface area contributed by atoms with Crippen LogP contribution in [-0.2, 0) is 11.2 Å². The van der Waals surface area contributed by atoms with E-state index < -0.39 is 0 Å². The molecule has 0 unspecified atom stereocenters. The van der Waals surface area contributed by atoms with E-state index in [1.54, 1.807) is 32.4 Å². The first-order chi connectivity index (χ1) is 15.0. The molecule has 0 aliphatic heterocycles. The lowest BCUT2D eigenvalue weighted by Gasteiger charge is -2.13. The maximum absolute atomic E-state index is 12.4. The molecular weight excluding hydrogens is 400 g/mol. The molecule has 168 valence electrons. The van der Waals surface area contributed by atoms with Gasteiger partial charge in [-0.2, -0.15) is 0 Å². The molecule has 8 nitrogen and oxygen atoms in total. The maximum atomic E-state index is 12.4. The normalized spacial score (nSPS) is 10.2. The Morgan fingerprint density at radius 2 is 1.55 bits per heavy atom. The molecule has 2 aromatic rings. The van der Waals surface area contributed by atoms with Gasteiger partial charge in [-0.3, -0.25) is 9.59 Å². The SMILES string of the molecule is CCOc1ccc(C(=O)NCC(=O)NCCc2cc(OC)ccc2OC)cc1OCC. The van der Waals surface area contributed by atoms with Crippen LogP contribution < -0.4 is 29.6 Å². The first kappa shape index (κ1) is 23.9. The number of nitrogens with one attached hydrogen (secondary N) is 2. The van der Waals surface area contributed by atoms with Crippen molar-refractivity contribution in [1.29, 1.82) is 0 Å². The lowest BCUT2D eigenvalue weighted by molar-refractivity contribution is -0.120. The first-order valence-electron chi connectivity index (χ1n) is 10.2. The molecule has 8 heteroatoms. The summed E-state index contributed by atoms with van der Waals surface area (Å²) >= 11 is 0. The summed E-state index contributed by atoms with van der Waals surface area (Å²) in [6, 6.07) is 10.4. The molecule has 0 spiro atoms. The number of methoxy groups -OCH3 is 2. The lowest BCUT2D eigenvalue weighted by atomic mass is 10.1. The van der Waals surface area contributed by atoms with Crippen molar-refractivity contribution in [1.82, 2.24) is 10.6 Å². The number of ether oxygens (including phenoxy) is 4. The number of amides is 2. The summed E-state index contributed by atoms with van der Waals surface area (Å²) in [6.45, 7) is 4.94. The summed E-state index contributed by atoms with van der Waals surface area (Å²) in [4.78, 5) is 24.5. The van der Waals surface area contributed by atoms with Crippen molar-refractivity contribution in [3.8, 4) is 23.0 Å². The molecule has 31 heavy (non-hydrogen) atoms. The fourth-order valence-corrected chi connectivity index (χ4v) is 2.93. The van der Waals surface area contributed by atoms with E-state index >= 15 is 0 Å². The summed E-state index contributed by atoms with van der Waals surface area (Å²) < 4.78 is 21.6. The summed E-state index contributed by atoms with van der Waals surface area (Å²) in [6.07, 6.45) is 0.566.